The van der Waals surface area contributed by atoms with Crippen LogP contribution in [0.2, 0.25) is 0 Å². The van der Waals surface area contributed by atoms with Crippen molar-refractivity contribution in [2.24, 2.45) is 11.8 Å². The molecule has 2 aromatic rings. The van der Waals surface area contributed by atoms with Crippen LogP contribution in [0.5, 0.6) is 11.5 Å². The van der Waals surface area contributed by atoms with E-state index in [0.717, 1.165) is 75.3 Å². The normalized spacial score (nSPS) is 12.2. The molecule has 2 unspecified atom stereocenters. The van der Waals surface area contributed by atoms with Crippen LogP contribution in [0.3, 0.4) is 0 Å². The topological polar surface area (TPSA) is 157 Å². The van der Waals surface area contributed by atoms with Crippen LogP contribution in [0.1, 0.15) is 137 Å². The van der Waals surface area contributed by atoms with E-state index in [1.165, 1.54) is 12.1 Å². The minimum atomic E-state index is -0.789. The number of hydrazine groups is 2. The number of phenolic OH excluding ortho intramolecular Hbond substituents is 2. The smallest absolute Gasteiger partial charge is 0.273 e. The van der Waals surface area contributed by atoms with E-state index in [0.29, 0.717) is 25.7 Å². The molecule has 0 heterocycles. The molecule has 0 aliphatic heterocycles. The first-order chi connectivity index (χ1) is 22.2. The van der Waals surface area contributed by atoms with Crippen molar-refractivity contribution in [2.45, 2.75) is 118 Å². The summed E-state index contributed by atoms with van der Waals surface area (Å²) in [7, 11) is 0. The van der Waals surface area contributed by atoms with Crippen LogP contribution in [0.25, 0.3) is 0 Å². The number of aryl methyl sites for hydroxylation is 2. The van der Waals surface area contributed by atoms with Crippen LogP contribution >= 0.6 is 0 Å². The lowest BCUT2D eigenvalue weighted by molar-refractivity contribution is -0.136. The molecule has 0 saturated heterocycles. The molecule has 0 fully saturated rings. The number of hydrogen-bond acceptors (Lipinski definition) is 6. The fourth-order valence-corrected chi connectivity index (χ4v) is 5.51. The van der Waals surface area contributed by atoms with Crippen LogP contribution in [0, 0.1) is 11.8 Å². The average molecular weight is 639 g/mol. The van der Waals surface area contributed by atoms with Crippen molar-refractivity contribution in [3.05, 3.63) is 58.7 Å². The molecule has 0 radical (unpaired) electrons. The second-order valence-electron chi connectivity index (χ2n) is 12.0. The molecule has 0 bridgehead atoms. The van der Waals surface area contributed by atoms with Crippen molar-refractivity contribution in [3.8, 4) is 11.5 Å². The monoisotopic (exact) mass is 638 g/mol. The first kappa shape index (κ1) is 38.1. The maximum Gasteiger partial charge on any atom is 0.273 e. The van der Waals surface area contributed by atoms with E-state index in [1.54, 1.807) is 24.3 Å². The maximum atomic E-state index is 13.5. The number of carbonyl (C=O) groups excluding carboxylic acids is 4. The highest BCUT2D eigenvalue weighted by molar-refractivity contribution is 5.99. The van der Waals surface area contributed by atoms with Crippen molar-refractivity contribution in [2.75, 3.05) is 0 Å². The molecule has 0 spiro atoms. The Morgan fingerprint density at radius 3 is 1.37 bits per heavy atom. The first-order valence-corrected chi connectivity index (χ1v) is 17.0. The summed E-state index contributed by atoms with van der Waals surface area (Å²) in [6.45, 7) is 8.16. The minimum Gasteiger partial charge on any atom is -0.507 e. The molecule has 2 aromatic carbocycles. The Hall–Kier alpha value is -4.08. The van der Waals surface area contributed by atoms with E-state index in [1.807, 2.05) is 13.8 Å². The third kappa shape index (κ3) is 12.4. The van der Waals surface area contributed by atoms with E-state index >= 15 is 0 Å². The van der Waals surface area contributed by atoms with Gasteiger partial charge in [0.2, 0.25) is 11.8 Å². The molecule has 10 nitrogen and oxygen atoms in total. The predicted molar refractivity (Wildman–Crippen MR) is 180 cm³/mol. The second kappa shape index (κ2) is 20.9. The van der Waals surface area contributed by atoms with E-state index in [4.69, 9.17) is 0 Å². The lowest BCUT2D eigenvalue weighted by atomic mass is 9.83. The van der Waals surface area contributed by atoms with Gasteiger partial charge in [0.25, 0.3) is 11.8 Å². The average Bonchev–Trinajstić information content (AvgIpc) is 3.05. The molecule has 2 atom stereocenters. The van der Waals surface area contributed by atoms with Crippen LogP contribution in [0.4, 0.5) is 0 Å². The molecule has 4 amide bonds. The summed E-state index contributed by atoms with van der Waals surface area (Å²) in [6.07, 6.45) is 11.6. The van der Waals surface area contributed by atoms with Gasteiger partial charge in [-0.15, -0.1) is 0 Å². The van der Waals surface area contributed by atoms with Gasteiger partial charge in [-0.1, -0.05) is 91.2 Å². The van der Waals surface area contributed by atoms with Gasteiger partial charge in [0.1, 0.15) is 11.5 Å². The summed E-state index contributed by atoms with van der Waals surface area (Å²) in [4.78, 5) is 52.8. The third-order valence-corrected chi connectivity index (χ3v) is 8.23. The predicted octanol–water partition coefficient (Wildman–Crippen LogP) is 6.40. The van der Waals surface area contributed by atoms with Gasteiger partial charge in [-0.2, -0.15) is 0 Å². The second-order valence-corrected chi connectivity index (χ2v) is 12.0. The van der Waals surface area contributed by atoms with Crippen LogP contribution < -0.4 is 21.7 Å². The molecule has 6 N–H and O–H groups in total. The van der Waals surface area contributed by atoms with E-state index < -0.39 is 35.5 Å². The molecule has 0 aliphatic carbocycles. The lowest BCUT2D eigenvalue weighted by Crippen LogP contribution is -2.51. The Bertz CT molecular complexity index is 1280. The molecular weight excluding hydrogens is 584 g/mol. The largest absolute Gasteiger partial charge is 0.507 e. The zero-order chi connectivity index (χ0) is 33.9. The van der Waals surface area contributed by atoms with Crippen molar-refractivity contribution >= 4 is 23.6 Å². The fourth-order valence-electron chi connectivity index (χ4n) is 5.51. The summed E-state index contributed by atoms with van der Waals surface area (Å²) in [5, 5.41) is 20.6. The number of aromatic hydroxyl groups is 2. The van der Waals surface area contributed by atoms with Gasteiger partial charge in [-0.25, -0.2) is 0 Å². The summed E-state index contributed by atoms with van der Waals surface area (Å²) >= 11 is 0. The van der Waals surface area contributed by atoms with Crippen LogP contribution in [0.15, 0.2) is 36.4 Å². The number of amides is 4. The van der Waals surface area contributed by atoms with Crippen molar-refractivity contribution < 1.29 is 29.4 Å². The zero-order valence-corrected chi connectivity index (χ0v) is 28.0. The van der Waals surface area contributed by atoms with Crippen LogP contribution in [-0.2, 0) is 22.4 Å². The van der Waals surface area contributed by atoms with Crippen molar-refractivity contribution in [3.63, 3.8) is 0 Å². The summed E-state index contributed by atoms with van der Waals surface area (Å²) in [5.74, 6) is -4.33. The number of nitrogens with one attached hydrogen (secondary N) is 4. The summed E-state index contributed by atoms with van der Waals surface area (Å²) < 4.78 is 0. The summed E-state index contributed by atoms with van der Waals surface area (Å²) in [6, 6.07) is 9.76. The van der Waals surface area contributed by atoms with E-state index in [-0.39, 0.29) is 22.6 Å². The summed E-state index contributed by atoms with van der Waals surface area (Å²) in [5.41, 5.74) is 11.7. The highest BCUT2D eigenvalue weighted by Gasteiger charge is 2.33. The standard InChI is InChI=1S/C36H54N4O6/c1-5-9-12-16-25-19-21-31(41)29(23-25)35(45)39-37-33(43)27(15-8-4)28(18-14-11-7-3)34(44)38-40-36(46)30-24-26(17-13-10-6-2)20-22-32(30)42/h19-24,27-28,41-42H,5-18H2,1-4H3,(H,37,43)(H,38,44)(H,39,45)(H,40,46). The highest BCUT2D eigenvalue weighted by atomic mass is 16.3. The molecule has 0 aromatic heterocycles. The fraction of sp³-hybridized carbons (Fsp3) is 0.556. The Morgan fingerprint density at radius 1 is 0.543 bits per heavy atom. The number of hydrogen-bond donors (Lipinski definition) is 6. The third-order valence-electron chi connectivity index (χ3n) is 8.23. The quantitative estimate of drug-likeness (QED) is 0.0773. The van der Waals surface area contributed by atoms with Gasteiger partial charge in [-0.3, -0.25) is 40.9 Å². The molecule has 0 saturated carbocycles. The molecular formula is C36H54N4O6. The maximum absolute atomic E-state index is 13.5. The van der Waals surface area contributed by atoms with Gasteiger partial charge in [0, 0.05) is 0 Å². The Labute approximate surface area is 274 Å². The van der Waals surface area contributed by atoms with Gasteiger partial charge >= 0.3 is 0 Å². The molecule has 10 heteroatoms. The van der Waals surface area contributed by atoms with Gasteiger partial charge in [0.05, 0.1) is 23.0 Å². The Kier molecular flexibility index (Phi) is 17.3. The van der Waals surface area contributed by atoms with Gasteiger partial charge in [0.15, 0.2) is 0 Å². The number of unbranched alkanes of at least 4 members (excludes halogenated alkanes) is 6. The SMILES string of the molecule is CCCCCc1ccc(O)c(C(=O)NNC(=O)C(CCC)C(CCCCC)C(=O)NNC(=O)c2cc(CCCCC)ccc2O)c1. The first-order valence-electron chi connectivity index (χ1n) is 17.0. The van der Waals surface area contributed by atoms with Crippen molar-refractivity contribution in [1.82, 2.24) is 21.7 Å². The van der Waals surface area contributed by atoms with Gasteiger partial charge in [-0.05, 0) is 73.9 Å². The molecule has 254 valence electrons. The lowest BCUT2D eigenvalue weighted by Gasteiger charge is -2.26. The number of benzene rings is 2. The van der Waals surface area contributed by atoms with Gasteiger partial charge < -0.3 is 10.2 Å². The number of phenols is 2. The highest BCUT2D eigenvalue weighted by Crippen LogP contribution is 2.25. The molecule has 0 aliphatic rings. The Morgan fingerprint density at radius 2 is 0.957 bits per heavy atom. The Balaban J connectivity index is 2.13. The van der Waals surface area contributed by atoms with Crippen molar-refractivity contribution in [1.29, 1.82) is 0 Å². The minimum absolute atomic E-state index is 0.0546. The number of rotatable bonds is 19. The molecule has 46 heavy (non-hydrogen) atoms. The number of carbonyl (C=O) groups is 4. The van der Waals surface area contributed by atoms with E-state index in [9.17, 15) is 29.4 Å². The van der Waals surface area contributed by atoms with Crippen LogP contribution in [-0.4, -0.2) is 33.8 Å². The molecule has 2 rings (SSSR count). The van der Waals surface area contributed by atoms with E-state index in [2.05, 4.69) is 35.6 Å². The zero-order valence-electron chi connectivity index (χ0n) is 28.0.